The van der Waals surface area contributed by atoms with Gasteiger partial charge < -0.3 is 15.5 Å². The summed E-state index contributed by atoms with van der Waals surface area (Å²) in [6.45, 7) is 2.20. The second-order valence-corrected chi connectivity index (χ2v) is 11.4. The summed E-state index contributed by atoms with van der Waals surface area (Å²) < 4.78 is 39.2. The SMILES string of the molecule is O=C(NCC1CCCN(CCCCC2(C(=O)NCC(F)(F)F)c3ccccc3-c3ccccc32)C1)C1CCC1. The lowest BCUT2D eigenvalue weighted by molar-refractivity contribution is -0.141. The van der Waals surface area contributed by atoms with E-state index in [1.54, 1.807) is 0 Å². The highest BCUT2D eigenvalue weighted by Gasteiger charge is 2.49. The van der Waals surface area contributed by atoms with Gasteiger partial charge in [-0.1, -0.05) is 61.4 Å². The minimum absolute atomic E-state index is 0.199. The summed E-state index contributed by atoms with van der Waals surface area (Å²) in [7, 11) is 0. The van der Waals surface area contributed by atoms with Crippen LogP contribution in [-0.2, 0) is 15.0 Å². The minimum Gasteiger partial charge on any atom is -0.356 e. The van der Waals surface area contributed by atoms with Gasteiger partial charge in [0.25, 0.3) is 0 Å². The van der Waals surface area contributed by atoms with Crippen LogP contribution >= 0.6 is 0 Å². The van der Waals surface area contributed by atoms with Crippen molar-refractivity contribution in [3.8, 4) is 11.1 Å². The van der Waals surface area contributed by atoms with Crippen LogP contribution in [0, 0.1) is 11.8 Å². The number of halogens is 3. The number of piperidine rings is 1. The van der Waals surface area contributed by atoms with Crippen LogP contribution in [0.15, 0.2) is 48.5 Å². The maximum Gasteiger partial charge on any atom is 0.405 e. The lowest BCUT2D eigenvalue weighted by atomic mass is 9.73. The number of rotatable bonds is 10. The molecule has 2 N–H and O–H groups in total. The van der Waals surface area contributed by atoms with Crippen LogP contribution in [-0.4, -0.2) is 55.6 Å². The number of fused-ring (bicyclic) bond motifs is 3. The van der Waals surface area contributed by atoms with Gasteiger partial charge in [-0.3, -0.25) is 9.59 Å². The van der Waals surface area contributed by atoms with E-state index in [1.807, 2.05) is 48.5 Å². The average Bonchev–Trinajstić information content (AvgIpc) is 3.18. The normalized spacial score (nSPS) is 20.5. The second-order valence-electron chi connectivity index (χ2n) is 11.4. The van der Waals surface area contributed by atoms with Gasteiger partial charge in [0.1, 0.15) is 12.0 Å². The van der Waals surface area contributed by atoms with E-state index in [1.165, 1.54) is 0 Å². The molecule has 3 aliphatic rings. The highest BCUT2D eigenvalue weighted by molar-refractivity contribution is 6.00. The molecular weight excluding hydrogens is 503 g/mol. The highest BCUT2D eigenvalue weighted by atomic mass is 19.4. The summed E-state index contributed by atoms with van der Waals surface area (Å²) in [5, 5.41) is 5.36. The molecule has 0 spiro atoms. The number of carbonyl (C=O) groups excluding carboxylic acids is 2. The Morgan fingerprint density at radius 3 is 2.18 bits per heavy atom. The van der Waals surface area contributed by atoms with Crippen LogP contribution < -0.4 is 10.6 Å². The van der Waals surface area contributed by atoms with E-state index in [0.717, 1.165) is 87.0 Å². The number of amides is 2. The lowest BCUT2D eigenvalue weighted by Gasteiger charge is -2.34. The van der Waals surface area contributed by atoms with Gasteiger partial charge in [-0.2, -0.15) is 13.2 Å². The summed E-state index contributed by atoms with van der Waals surface area (Å²) in [4.78, 5) is 28.3. The van der Waals surface area contributed by atoms with E-state index in [-0.39, 0.29) is 11.8 Å². The van der Waals surface area contributed by atoms with Crippen LogP contribution in [0.5, 0.6) is 0 Å². The molecule has 39 heavy (non-hydrogen) atoms. The Morgan fingerprint density at radius 1 is 0.897 bits per heavy atom. The fourth-order valence-electron chi connectivity index (χ4n) is 6.59. The third-order valence-electron chi connectivity index (χ3n) is 8.82. The standard InChI is InChI=1S/C31H38F3N3O2/c32-31(33,34)21-36-29(39)30(26-14-3-1-12-24(26)25-13-2-4-15-27(25)30)16-5-6-17-37-18-8-9-22(20-37)19-35-28(38)23-10-7-11-23/h1-4,12-15,22-23H,5-11,16-21H2,(H,35,38)(H,36,39). The van der Waals surface area contributed by atoms with Gasteiger partial charge in [-0.25, -0.2) is 0 Å². The van der Waals surface area contributed by atoms with Crippen molar-refractivity contribution in [2.45, 2.75) is 63.0 Å². The molecule has 1 saturated carbocycles. The zero-order chi connectivity index (χ0) is 27.5. The molecule has 8 heteroatoms. The molecule has 2 fully saturated rings. The van der Waals surface area contributed by atoms with Gasteiger partial charge >= 0.3 is 6.18 Å². The summed E-state index contributed by atoms with van der Waals surface area (Å²) >= 11 is 0. The van der Waals surface area contributed by atoms with Gasteiger partial charge in [0.2, 0.25) is 11.8 Å². The Kier molecular flexibility index (Phi) is 8.31. The Bertz CT molecular complexity index is 1130. The van der Waals surface area contributed by atoms with E-state index < -0.39 is 24.0 Å². The molecule has 0 aromatic heterocycles. The van der Waals surface area contributed by atoms with Gasteiger partial charge in [0.15, 0.2) is 0 Å². The quantitative estimate of drug-likeness (QED) is 0.395. The minimum atomic E-state index is -4.48. The first-order chi connectivity index (χ1) is 18.8. The molecular formula is C31H38F3N3O2. The zero-order valence-corrected chi connectivity index (χ0v) is 22.4. The monoisotopic (exact) mass is 541 g/mol. The zero-order valence-electron chi connectivity index (χ0n) is 22.4. The third-order valence-corrected chi connectivity index (χ3v) is 8.82. The molecule has 1 atom stereocenters. The van der Waals surface area contributed by atoms with Crippen molar-refractivity contribution in [2.24, 2.45) is 11.8 Å². The van der Waals surface area contributed by atoms with Crippen LogP contribution in [0.25, 0.3) is 11.1 Å². The summed E-state index contributed by atoms with van der Waals surface area (Å²) in [6, 6.07) is 15.2. The Hall–Kier alpha value is -2.87. The Balaban J connectivity index is 1.23. The number of benzene rings is 2. The smallest absolute Gasteiger partial charge is 0.356 e. The average molecular weight is 542 g/mol. The number of unbranched alkanes of at least 4 members (excludes halogenated alkanes) is 1. The van der Waals surface area contributed by atoms with Crippen molar-refractivity contribution in [3.63, 3.8) is 0 Å². The first-order valence-electron chi connectivity index (χ1n) is 14.3. The van der Waals surface area contributed by atoms with Crippen LogP contribution in [0.3, 0.4) is 0 Å². The molecule has 210 valence electrons. The first-order valence-corrected chi connectivity index (χ1v) is 14.3. The van der Waals surface area contributed by atoms with Crippen molar-refractivity contribution in [3.05, 3.63) is 59.7 Å². The van der Waals surface area contributed by atoms with Crippen molar-refractivity contribution in [1.29, 1.82) is 0 Å². The molecule has 5 rings (SSSR count). The molecule has 2 aromatic rings. The largest absolute Gasteiger partial charge is 0.405 e. The summed E-state index contributed by atoms with van der Waals surface area (Å²) in [6.07, 6.45) is 2.89. The number of alkyl halides is 3. The van der Waals surface area contributed by atoms with E-state index >= 15 is 0 Å². The fraction of sp³-hybridized carbons (Fsp3) is 0.548. The van der Waals surface area contributed by atoms with E-state index in [2.05, 4.69) is 15.5 Å². The lowest BCUT2D eigenvalue weighted by Crippen LogP contribution is -2.47. The second kappa shape index (κ2) is 11.7. The fourth-order valence-corrected chi connectivity index (χ4v) is 6.59. The number of hydrogen-bond donors (Lipinski definition) is 2. The third kappa shape index (κ3) is 6.01. The van der Waals surface area contributed by atoms with E-state index in [9.17, 15) is 22.8 Å². The van der Waals surface area contributed by atoms with Crippen molar-refractivity contribution in [1.82, 2.24) is 15.5 Å². The Morgan fingerprint density at radius 2 is 1.56 bits per heavy atom. The van der Waals surface area contributed by atoms with Crippen LogP contribution in [0.4, 0.5) is 13.2 Å². The molecule has 1 aliphatic heterocycles. The predicted octanol–water partition coefficient (Wildman–Crippen LogP) is 5.43. The molecule has 2 amide bonds. The van der Waals surface area contributed by atoms with Crippen molar-refractivity contribution >= 4 is 11.8 Å². The van der Waals surface area contributed by atoms with Gasteiger partial charge in [-0.05, 0) is 79.8 Å². The molecule has 1 unspecified atom stereocenters. The topological polar surface area (TPSA) is 61.4 Å². The maximum absolute atomic E-state index is 13.6. The predicted molar refractivity (Wildman–Crippen MR) is 145 cm³/mol. The van der Waals surface area contributed by atoms with E-state index in [4.69, 9.17) is 0 Å². The number of hydrogen-bond acceptors (Lipinski definition) is 3. The molecule has 2 aromatic carbocycles. The summed E-state index contributed by atoms with van der Waals surface area (Å²) in [5.41, 5.74) is 2.25. The van der Waals surface area contributed by atoms with Crippen molar-refractivity contribution < 1.29 is 22.8 Å². The molecule has 1 heterocycles. The van der Waals surface area contributed by atoms with Crippen LogP contribution in [0.1, 0.15) is 62.5 Å². The van der Waals surface area contributed by atoms with E-state index in [0.29, 0.717) is 18.8 Å². The van der Waals surface area contributed by atoms with Crippen LogP contribution in [0.2, 0.25) is 0 Å². The Labute approximate surface area is 228 Å². The van der Waals surface area contributed by atoms with Gasteiger partial charge in [0, 0.05) is 19.0 Å². The maximum atomic E-state index is 13.6. The summed E-state index contributed by atoms with van der Waals surface area (Å²) in [5.74, 6) is 0.258. The molecule has 5 nitrogen and oxygen atoms in total. The molecule has 1 saturated heterocycles. The highest BCUT2D eigenvalue weighted by Crippen LogP contribution is 2.51. The molecule has 0 radical (unpaired) electrons. The number of nitrogens with one attached hydrogen (secondary N) is 2. The number of nitrogens with zero attached hydrogens (tertiary/aromatic N) is 1. The van der Waals surface area contributed by atoms with Gasteiger partial charge in [0.05, 0.1) is 0 Å². The van der Waals surface area contributed by atoms with Crippen molar-refractivity contribution in [2.75, 3.05) is 32.7 Å². The van der Waals surface area contributed by atoms with Gasteiger partial charge in [-0.15, -0.1) is 0 Å². The first kappa shape index (κ1) is 27.7. The number of likely N-dealkylation sites (tertiary alicyclic amines) is 1. The number of carbonyl (C=O) groups is 2. The molecule has 2 aliphatic carbocycles. The molecule has 0 bridgehead atoms.